The zero-order valence-corrected chi connectivity index (χ0v) is 19.1. The Morgan fingerprint density at radius 2 is 1.05 bits per heavy atom. The molecule has 2 unspecified atom stereocenters. The molecule has 0 radical (unpaired) electrons. The summed E-state index contributed by atoms with van der Waals surface area (Å²) in [6.07, 6.45) is 3.97. The highest BCUT2D eigenvalue weighted by atomic mass is 28.1. The van der Waals surface area contributed by atoms with Crippen LogP contribution in [0.2, 0.25) is 0 Å². The zero-order chi connectivity index (χ0) is 16.5. The molecule has 0 aromatic rings. The molecule has 0 rings (SSSR count). The smallest absolute Gasteiger partial charge is 0.164 e. The number of hydrogen-bond donors (Lipinski definition) is 1. The highest BCUT2D eigenvalue weighted by molar-refractivity contribution is 6.14. The molecule has 128 valence electrons. The lowest BCUT2D eigenvalue weighted by Gasteiger charge is -2.30. The van der Waals surface area contributed by atoms with Crippen LogP contribution >= 0.6 is 0 Å². The Morgan fingerprint density at radius 1 is 0.762 bits per heavy atom. The molecular formula is C14H35NO4Si2. The third-order valence-electron chi connectivity index (χ3n) is 4.36. The van der Waals surface area contributed by atoms with Crippen molar-refractivity contribution in [1.29, 1.82) is 0 Å². The molecule has 0 aromatic heterocycles. The van der Waals surface area contributed by atoms with Crippen molar-refractivity contribution in [2.75, 3.05) is 28.4 Å². The van der Waals surface area contributed by atoms with Gasteiger partial charge in [0.05, 0.1) is 0 Å². The van der Waals surface area contributed by atoms with Crippen LogP contribution in [-0.4, -0.2) is 71.8 Å². The summed E-state index contributed by atoms with van der Waals surface area (Å²) in [5.74, 6) is -0.925. The van der Waals surface area contributed by atoms with E-state index in [0.717, 1.165) is 46.2 Å². The maximum Gasteiger partial charge on any atom is 0.164 e. The van der Waals surface area contributed by atoms with Gasteiger partial charge in [0.1, 0.15) is 0 Å². The first-order valence-corrected chi connectivity index (χ1v) is 10.0. The Morgan fingerprint density at radius 3 is 1.29 bits per heavy atom. The van der Waals surface area contributed by atoms with E-state index in [4.69, 9.17) is 18.9 Å². The van der Waals surface area contributed by atoms with Gasteiger partial charge in [0.25, 0.3) is 0 Å². The van der Waals surface area contributed by atoms with Gasteiger partial charge in [-0.2, -0.15) is 0 Å². The van der Waals surface area contributed by atoms with Gasteiger partial charge in [0.15, 0.2) is 11.6 Å². The number of hydrogen-bond acceptors (Lipinski definition) is 5. The van der Waals surface area contributed by atoms with Crippen molar-refractivity contribution < 1.29 is 18.9 Å². The van der Waals surface area contributed by atoms with Crippen LogP contribution in [0.5, 0.6) is 0 Å². The van der Waals surface area contributed by atoms with Gasteiger partial charge in [-0.05, 0) is 38.0 Å². The van der Waals surface area contributed by atoms with Gasteiger partial charge in [0, 0.05) is 61.8 Å². The van der Waals surface area contributed by atoms with Gasteiger partial charge in [-0.3, -0.25) is 0 Å². The predicted octanol–water partition coefficient (Wildman–Crippen LogP) is -0.463. The molecule has 0 aliphatic rings. The Kier molecular flexibility index (Phi) is 10.2. The third kappa shape index (κ3) is 8.44. The number of ether oxygens (including phenoxy) is 4. The Balaban J connectivity index is 4.07. The highest BCUT2D eigenvalue weighted by Gasteiger charge is 2.25. The fraction of sp³-hybridized carbons (Fsp3) is 1.00. The molecule has 21 heavy (non-hydrogen) atoms. The van der Waals surface area contributed by atoms with Crippen molar-refractivity contribution in [2.24, 2.45) is 0 Å². The molecule has 0 amide bonds. The van der Waals surface area contributed by atoms with Crippen LogP contribution in [0.3, 0.4) is 0 Å². The van der Waals surface area contributed by atoms with Crippen molar-refractivity contribution in [3.05, 3.63) is 0 Å². The lowest BCUT2D eigenvalue weighted by Crippen LogP contribution is -2.42. The molecule has 0 heterocycles. The van der Waals surface area contributed by atoms with Crippen LogP contribution < -0.4 is 5.32 Å². The molecular weight excluding hydrogens is 302 g/mol. The average Bonchev–Trinajstić information content (AvgIpc) is 2.50. The van der Waals surface area contributed by atoms with Crippen molar-refractivity contribution in [1.82, 2.24) is 5.32 Å². The minimum absolute atomic E-state index is 0.463. The molecule has 0 aromatic carbocycles. The van der Waals surface area contributed by atoms with E-state index in [2.05, 4.69) is 5.32 Å². The second-order valence-corrected chi connectivity index (χ2v) is 8.92. The zero-order valence-electron chi connectivity index (χ0n) is 15.1. The van der Waals surface area contributed by atoms with Crippen LogP contribution in [0.1, 0.15) is 39.5 Å². The minimum atomic E-state index is -0.463. The molecule has 0 spiro atoms. The number of rotatable bonds is 12. The highest BCUT2D eigenvalue weighted by Crippen LogP contribution is 2.19. The van der Waals surface area contributed by atoms with E-state index in [1.54, 1.807) is 28.4 Å². The van der Waals surface area contributed by atoms with Crippen LogP contribution in [0.15, 0.2) is 0 Å². The first kappa shape index (κ1) is 21.2. The summed E-state index contributed by atoms with van der Waals surface area (Å²) in [6.45, 7) is 3.98. The predicted molar refractivity (Wildman–Crippen MR) is 93.9 cm³/mol. The second-order valence-electron chi connectivity index (χ2n) is 6.13. The lowest BCUT2D eigenvalue weighted by molar-refractivity contribution is -0.198. The van der Waals surface area contributed by atoms with E-state index in [9.17, 15) is 0 Å². The van der Waals surface area contributed by atoms with Gasteiger partial charge in [-0.15, -0.1) is 0 Å². The number of methoxy groups -OCH3 is 4. The fourth-order valence-corrected chi connectivity index (χ4v) is 4.57. The summed E-state index contributed by atoms with van der Waals surface area (Å²) in [5.41, 5.74) is 1.15. The normalized spacial score (nSPS) is 16.3. The second kappa shape index (κ2) is 10.1. The maximum absolute atomic E-state index is 5.40. The standard InChI is InChI=1S/C14H35NO4Si2/c1-13(16-3,17-4)9-7-11(20)15-12(21)8-10-14(2,18-5)19-6/h11-12,15H,7-10H2,1-6,20-21H3. The molecule has 2 atom stereocenters. The van der Waals surface area contributed by atoms with Crippen LogP contribution in [-0.2, 0) is 18.9 Å². The average molecular weight is 338 g/mol. The van der Waals surface area contributed by atoms with Crippen molar-refractivity contribution in [3.63, 3.8) is 0 Å². The van der Waals surface area contributed by atoms with Crippen LogP contribution in [0.4, 0.5) is 0 Å². The third-order valence-corrected chi connectivity index (χ3v) is 6.18. The Hall–Kier alpha value is 0.234. The van der Waals surface area contributed by atoms with E-state index >= 15 is 0 Å². The first-order chi connectivity index (χ1) is 9.74. The molecule has 0 saturated heterocycles. The molecule has 0 saturated carbocycles. The van der Waals surface area contributed by atoms with E-state index in [-0.39, 0.29) is 0 Å². The minimum Gasteiger partial charge on any atom is -0.353 e. The summed E-state index contributed by atoms with van der Waals surface area (Å²) in [4.78, 5) is 0. The van der Waals surface area contributed by atoms with Crippen molar-refractivity contribution in [2.45, 2.75) is 62.4 Å². The van der Waals surface area contributed by atoms with E-state index in [0.29, 0.717) is 11.3 Å². The topological polar surface area (TPSA) is 49.0 Å². The van der Waals surface area contributed by atoms with Crippen LogP contribution in [0, 0.1) is 0 Å². The summed E-state index contributed by atoms with van der Waals surface area (Å²) >= 11 is 0. The maximum atomic E-state index is 5.40. The van der Waals surface area contributed by atoms with Crippen molar-refractivity contribution >= 4 is 20.5 Å². The first-order valence-electron chi connectivity index (χ1n) is 7.71. The summed E-state index contributed by atoms with van der Waals surface area (Å²) in [7, 11) is 9.04. The summed E-state index contributed by atoms with van der Waals surface area (Å²) in [5, 5.41) is 3.72. The fourth-order valence-electron chi connectivity index (χ4n) is 2.18. The van der Waals surface area contributed by atoms with Gasteiger partial charge in [-0.1, -0.05) is 0 Å². The molecule has 0 fully saturated rings. The van der Waals surface area contributed by atoms with Gasteiger partial charge < -0.3 is 24.3 Å². The van der Waals surface area contributed by atoms with E-state index in [1.807, 2.05) is 13.8 Å². The van der Waals surface area contributed by atoms with E-state index in [1.165, 1.54) is 0 Å². The molecule has 5 nitrogen and oxygen atoms in total. The summed E-state index contributed by atoms with van der Waals surface area (Å²) in [6, 6.07) is 0. The molecule has 0 bridgehead atoms. The monoisotopic (exact) mass is 337 g/mol. The van der Waals surface area contributed by atoms with Gasteiger partial charge >= 0.3 is 0 Å². The van der Waals surface area contributed by atoms with E-state index < -0.39 is 11.6 Å². The summed E-state index contributed by atoms with van der Waals surface area (Å²) < 4.78 is 21.6. The van der Waals surface area contributed by atoms with Crippen molar-refractivity contribution in [3.8, 4) is 0 Å². The Labute approximate surface area is 136 Å². The molecule has 0 aliphatic heterocycles. The quantitative estimate of drug-likeness (QED) is 0.386. The largest absolute Gasteiger partial charge is 0.353 e. The lowest BCUT2D eigenvalue weighted by atomic mass is 10.1. The molecule has 0 aliphatic carbocycles. The molecule has 7 heteroatoms. The SMILES string of the molecule is COC(C)(CCC([SiH3])NC([SiH3])CCC(C)(OC)OC)OC. The molecule has 1 N–H and O–H groups in total. The van der Waals surface area contributed by atoms with Gasteiger partial charge in [0.2, 0.25) is 0 Å². The van der Waals surface area contributed by atoms with Gasteiger partial charge in [-0.25, -0.2) is 0 Å². The number of nitrogens with one attached hydrogen (secondary N) is 1. The Bertz CT molecular complexity index is 248. The van der Waals surface area contributed by atoms with Crippen LogP contribution in [0.25, 0.3) is 0 Å².